The summed E-state index contributed by atoms with van der Waals surface area (Å²) in [6.45, 7) is 2.36. The van der Waals surface area contributed by atoms with Gasteiger partial charge in [0.25, 0.3) is 5.92 Å². The van der Waals surface area contributed by atoms with Gasteiger partial charge in [0.05, 0.1) is 6.04 Å². The summed E-state index contributed by atoms with van der Waals surface area (Å²) in [6.07, 6.45) is 1.30. The van der Waals surface area contributed by atoms with Crippen molar-refractivity contribution in [1.82, 2.24) is 10.3 Å². The lowest BCUT2D eigenvalue weighted by Crippen LogP contribution is -2.38. The number of nitrogens with zero attached hydrogens (tertiary/aromatic N) is 1. The van der Waals surface area contributed by atoms with Crippen molar-refractivity contribution in [1.29, 1.82) is 0 Å². The Morgan fingerprint density at radius 2 is 2.28 bits per heavy atom. The molecule has 0 radical (unpaired) electrons. The summed E-state index contributed by atoms with van der Waals surface area (Å²) in [7, 11) is 0. The lowest BCUT2D eigenvalue weighted by atomic mass is 9.99. The van der Waals surface area contributed by atoms with Crippen LogP contribution in [0.5, 0.6) is 0 Å². The number of aromatic nitrogens is 1. The molecule has 0 saturated carbocycles. The van der Waals surface area contributed by atoms with Crippen LogP contribution >= 0.6 is 0 Å². The molecule has 3 nitrogen and oxygen atoms in total. The predicted molar refractivity (Wildman–Crippen MR) is 63.7 cm³/mol. The summed E-state index contributed by atoms with van der Waals surface area (Å²) in [5.41, 5.74) is 1.04. The maximum Gasteiger partial charge on any atom is 0.288 e. The summed E-state index contributed by atoms with van der Waals surface area (Å²) < 4.78 is 33.8. The molecule has 2 aromatic rings. The van der Waals surface area contributed by atoms with Crippen LogP contribution in [0.2, 0.25) is 0 Å². The molecule has 0 bridgehead atoms. The van der Waals surface area contributed by atoms with Crippen LogP contribution in [0.25, 0.3) is 11.1 Å². The van der Waals surface area contributed by atoms with Crippen LogP contribution in [-0.2, 0) is 5.92 Å². The van der Waals surface area contributed by atoms with Gasteiger partial charge in [0.15, 0.2) is 11.5 Å². The van der Waals surface area contributed by atoms with Gasteiger partial charge in [-0.3, -0.25) is 0 Å². The van der Waals surface area contributed by atoms with Crippen molar-refractivity contribution in [2.45, 2.75) is 31.7 Å². The van der Waals surface area contributed by atoms with Gasteiger partial charge in [0.2, 0.25) is 0 Å². The van der Waals surface area contributed by atoms with Gasteiger partial charge in [-0.2, -0.15) is 8.78 Å². The molecule has 0 aliphatic carbocycles. The molecule has 1 atom stereocenters. The molecule has 1 aromatic heterocycles. The predicted octanol–water partition coefficient (Wildman–Crippen LogP) is 2.98. The lowest BCUT2D eigenvalue weighted by molar-refractivity contribution is -0.0375. The van der Waals surface area contributed by atoms with E-state index in [0.29, 0.717) is 30.0 Å². The fourth-order valence-electron chi connectivity index (χ4n) is 2.45. The van der Waals surface area contributed by atoms with E-state index in [0.717, 1.165) is 6.42 Å². The van der Waals surface area contributed by atoms with Gasteiger partial charge in [-0.05, 0) is 37.6 Å². The lowest BCUT2D eigenvalue weighted by Gasteiger charge is -2.23. The summed E-state index contributed by atoms with van der Waals surface area (Å²) in [6, 6.07) is 3.63. The van der Waals surface area contributed by atoms with E-state index >= 15 is 0 Å². The van der Waals surface area contributed by atoms with Crippen LogP contribution in [0.3, 0.4) is 0 Å². The number of rotatable bonds is 2. The molecule has 1 aliphatic rings. The van der Waals surface area contributed by atoms with Crippen LogP contribution < -0.4 is 5.32 Å². The molecular weight excluding hydrogens is 238 g/mol. The first-order chi connectivity index (χ1) is 8.57. The third-order valence-corrected chi connectivity index (χ3v) is 3.38. The van der Waals surface area contributed by atoms with E-state index < -0.39 is 12.0 Å². The highest BCUT2D eigenvalue weighted by Gasteiger charge is 2.42. The van der Waals surface area contributed by atoms with Crippen LogP contribution in [0.1, 0.15) is 24.3 Å². The van der Waals surface area contributed by atoms with Gasteiger partial charge in [0.1, 0.15) is 5.52 Å². The molecule has 18 heavy (non-hydrogen) atoms. The SMILES string of the molecule is Cc1nc2cc(C(F)(F)C3CCCN3)ccc2o1. The zero-order valence-electron chi connectivity index (χ0n) is 10.0. The Morgan fingerprint density at radius 1 is 1.44 bits per heavy atom. The molecule has 1 aliphatic heterocycles. The first-order valence-electron chi connectivity index (χ1n) is 6.06. The quantitative estimate of drug-likeness (QED) is 0.892. The van der Waals surface area contributed by atoms with Crippen molar-refractivity contribution < 1.29 is 13.2 Å². The molecule has 1 fully saturated rings. The Kier molecular flexibility index (Phi) is 2.59. The number of alkyl halides is 2. The zero-order valence-corrected chi connectivity index (χ0v) is 10.0. The Morgan fingerprint density at radius 3 is 3.00 bits per heavy atom. The van der Waals surface area contributed by atoms with Gasteiger partial charge in [0, 0.05) is 12.5 Å². The van der Waals surface area contributed by atoms with Gasteiger partial charge in [-0.15, -0.1) is 0 Å². The third kappa shape index (κ3) is 1.79. The summed E-state index contributed by atoms with van der Waals surface area (Å²) in [4.78, 5) is 4.09. The van der Waals surface area contributed by atoms with E-state index in [1.807, 2.05) is 0 Å². The van der Waals surface area contributed by atoms with Crippen molar-refractivity contribution >= 4 is 11.1 Å². The normalized spacial score (nSPS) is 20.7. The second-order valence-corrected chi connectivity index (χ2v) is 4.69. The number of benzene rings is 1. The second kappa shape index (κ2) is 4.02. The molecule has 1 N–H and O–H groups in total. The minimum absolute atomic E-state index is 0.00250. The molecule has 3 rings (SSSR count). The second-order valence-electron chi connectivity index (χ2n) is 4.69. The van der Waals surface area contributed by atoms with Crippen LogP contribution in [0.15, 0.2) is 22.6 Å². The number of halogens is 2. The molecule has 1 saturated heterocycles. The van der Waals surface area contributed by atoms with E-state index in [1.165, 1.54) is 12.1 Å². The maximum absolute atomic E-state index is 14.3. The number of aryl methyl sites for hydroxylation is 1. The molecule has 1 aromatic carbocycles. The van der Waals surface area contributed by atoms with Crippen LogP contribution in [-0.4, -0.2) is 17.6 Å². The Hall–Kier alpha value is -1.49. The Labute approximate surface area is 103 Å². The summed E-state index contributed by atoms with van der Waals surface area (Å²) in [5.74, 6) is -2.37. The highest BCUT2D eigenvalue weighted by molar-refractivity contribution is 5.73. The van der Waals surface area contributed by atoms with Crippen molar-refractivity contribution in [2.75, 3.05) is 6.54 Å². The molecule has 96 valence electrons. The number of nitrogens with one attached hydrogen (secondary N) is 1. The first-order valence-corrected chi connectivity index (χ1v) is 6.06. The highest BCUT2D eigenvalue weighted by Crippen LogP contribution is 2.36. The fraction of sp³-hybridized carbons (Fsp3) is 0.462. The van der Waals surface area contributed by atoms with Crippen molar-refractivity contribution in [3.8, 4) is 0 Å². The molecule has 0 spiro atoms. The van der Waals surface area contributed by atoms with Crippen molar-refractivity contribution in [3.63, 3.8) is 0 Å². The highest BCUT2D eigenvalue weighted by atomic mass is 19.3. The first kappa shape index (κ1) is 11.6. The number of oxazole rings is 1. The number of fused-ring (bicyclic) bond motifs is 1. The summed E-state index contributed by atoms with van der Waals surface area (Å²) in [5, 5.41) is 2.85. The largest absolute Gasteiger partial charge is 0.441 e. The molecule has 1 unspecified atom stereocenters. The monoisotopic (exact) mass is 252 g/mol. The molecule has 2 heterocycles. The Bertz CT molecular complexity index is 573. The van der Waals surface area contributed by atoms with Gasteiger partial charge in [-0.25, -0.2) is 4.98 Å². The van der Waals surface area contributed by atoms with Gasteiger partial charge in [-0.1, -0.05) is 0 Å². The van der Waals surface area contributed by atoms with Gasteiger partial charge < -0.3 is 9.73 Å². The van der Waals surface area contributed by atoms with E-state index in [4.69, 9.17) is 4.42 Å². The average Bonchev–Trinajstić information content (AvgIpc) is 2.95. The van der Waals surface area contributed by atoms with E-state index in [1.54, 1.807) is 13.0 Å². The maximum atomic E-state index is 14.3. The standard InChI is InChI=1S/C13H14F2N2O/c1-8-17-10-7-9(4-5-11(10)18-8)13(14,15)12-3-2-6-16-12/h4-5,7,12,16H,2-3,6H2,1H3. The smallest absolute Gasteiger partial charge is 0.288 e. The Balaban J connectivity index is 2.01. The minimum atomic E-state index is -2.86. The third-order valence-electron chi connectivity index (χ3n) is 3.38. The topological polar surface area (TPSA) is 38.1 Å². The molecule has 5 heteroatoms. The van der Waals surface area contributed by atoms with Gasteiger partial charge >= 0.3 is 0 Å². The van der Waals surface area contributed by atoms with Crippen molar-refractivity contribution in [2.24, 2.45) is 0 Å². The summed E-state index contributed by atoms with van der Waals surface area (Å²) >= 11 is 0. The molecule has 0 amide bonds. The van der Waals surface area contributed by atoms with Crippen LogP contribution in [0.4, 0.5) is 8.78 Å². The molecular formula is C13H14F2N2O. The van der Waals surface area contributed by atoms with Crippen molar-refractivity contribution in [3.05, 3.63) is 29.7 Å². The number of hydrogen-bond donors (Lipinski definition) is 1. The van der Waals surface area contributed by atoms with E-state index in [-0.39, 0.29) is 5.56 Å². The zero-order chi connectivity index (χ0) is 12.8. The van der Waals surface area contributed by atoms with E-state index in [9.17, 15) is 8.78 Å². The average molecular weight is 252 g/mol. The number of hydrogen-bond acceptors (Lipinski definition) is 3. The van der Waals surface area contributed by atoms with Crippen LogP contribution in [0, 0.1) is 6.92 Å². The minimum Gasteiger partial charge on any atom is -0.441 e. The fourth-order valence-corrected chi connectivity index (χ4v) is 2.45. The van der Waals surface area contributed by atoms with E-state index in [2.05, 4.69) is 10.3 Å².